The van der Waals surface area contributed by atoms with Crippen LogP contribution >= 0.6 is 15.9 Å². The number of hydrogen-bond acceptors (Lipinski definition) is 4. The van der Waals surface area contributed by atoms with Gasteiger partial charge in [-0.05, 0) is 46.3 Å². The molecule has 0 saturated carbocycles. The number of para-hydroxylation sites is 2. The molecule has 0 aliphatic heterocycles. The lowest BCUT2D eigenvalue weighted by molar-refractivity contribution is 0.412. The summed E-state index contributed by atoms with van der Waals surface area (Å²) in [7, 11) is 3.30. The normalized spacial score (nSPS) is 11.1. The highest BCUT2D eigenvalue weighted by molar-refractivity contribution is 9.10. The minimum atomic E-state index is 0.784. The van der Waals surface area contributed by atoms with E-state index < -0.39 is 0 Å². The van der Waals surface area contributed by atoms with Gasteiger partial charge < -0.3 is 18.3 Å². The van der Waals surface area contributed by atoms with E-state index in [0.29, 0.717) is 0 Å². The highest BCUT2D eigenvalue weighted by Crippen LogP contribution is 2.36. The van der Waals surface area contributed by atoms with Crippen LogP contribution in [-0.2, 0) is 0 Å². The van der Waals surface area contributed by atoms with Gasteiger partial charge in [-0.2, -0.15) is 0 Å². The molecule has 2 heterocycles. The summed E-state index contributed by atoms with van der Waals surface area (Å²) in [6.07, 6.45) is 0. The summed E-state index contributed by atoms with van der Waals surface area (Å²) in [6.45, 7) is 0. The van der Waals surface area contributed by atoms with E-state index in [1.54, 1.807) is 14.2 Å². The van der Waals surface area contributed by atoms with Gasteiger partial charge in [0, 0.05) is 33.7 Å². The van der Waals surface area contributed by atoms with Crippen molar-refractivity contribution in [3.8, 4) is 11.5 Å². The van der Waals surface area contributed by atoms with E-state index in [2.05, 4.69) is 28.1 Å². The van der Waals surface area contributed by atoms with E-state index >= 15 is 0 Å². The first-order chi connectivity index (χ1) is 15.2. The van der Waals surface area contributed by atoms with Crippen LogP contribution in [0.5, 0.6) is 11.5 Å². The molecule has 6 aromatic rings. The fraction of sp³-hybridized carbons (Fsp3) is 0.0769. The highest BCUT2D eigenvalue weighted by Gasteiger charge is 2.10. The number of rotatable bonds is 2. The van der Waals surface area contributed by atoms with Gasteiger partial charge in [0.05, 0.1) is 18.7 Å². The van der Waals surface area contributed by atoms with Crippen molar-refractivity contribution in [3.05, 3.63) is 83.3 Å². The van der Waals surface area contributed by atoms with Crippen molar-refractivity contribution >= 4 is 59.8 Å². The zero-order valence-corrected chi connectivity index (χ0v) is 18.6. The van der Waals surface area contributed by atoms with Gasteiger partial charge in [-0.3, -0.25) is 0 Å². The maximum Gasteiger partial charge on any atom is 0.139 e. The Kier molecular flexibility index (Phi) is 5.04. The Morgan fingerprint density at radius 1 is 0.581 bits per heavy atom. The Labute approximate surface area is 187 Å². The zero-order valence-electron chi connectivity index (χ0n) is 17.0. The smallest absolute Gasteiger partial charge is 0.139 e. The highest BCUT2D eigenvalue weighted by atomic mass is 79.9. The molecule has 0 spiro atoms. The summed E-state index contributed by atoms with van der Waals surface area (Å²) in [5, 5.41) is 4.51. The zero-order chi connectivity index (χ0) is 21.4. The molecule has 0 bridgehead atoms. The molecule has 0 unspecified atom stereocenters. The standard InChI is InChI=1S/C13H9BrO2.C13H10O2/c1-15-13-7-12-9(6-10(13)14)8-4-2-3-5-11(8)16-12;1-14-9-6-7-11-10-4-2-3-5-12(10)15-13(11)8-9/h2-7H,1H3;2-8H,1H3. The van der Waals surface area contributed by atoms with E-state index in [-0.39, 0.29) is 0 Å². The summed E-state index contributed by atoms with van der Waals surface area (Å²) >= 11 is 3.48. The second-order valence-corrected chi connectivity index (χ2v) is 7.90. The number of halogens is 1. The molecule has 0 N–H and O–H groups in total. The predicted octanol–water partition coefficient (Wildman–Crippen LogP) is 7.95. The molecular weight excluding hydrogens is 456 g/mol. The lowest BCUT2D eigenvalue weighted by Crippen LogP contribution is -1.83. The molecule has 0 aliphatic rings. The number of fused-ring (bicyclic) bond motifs is 6. The molecule has 0 atom stereocenters. The van der Waals surface area contributed by atoms with Crippen molar-refractivity contribution < 1.29 is 18.3 Å². The quantitative estimate of drug-likeness (QED) is 0.255. The van der Waals surface area contributed by atoms with Crippen molar-refractivity contribution in [3.63, 3.8) is 0 Å². The van der Waals surface area contributed by atoms with Crippen LogP contribution in [0.1, 0.15) is 0 Å². The fourth-order valence-corrected chi connectivity index (χ4v) is 4.22. The van der Waals surface area contributed by atoms with Crippen LogP contribution in [0.15, 0.2) is 92.2 Å². The van der Waals surface area contributed by atoms with Crippen molar-refractivity contribution in [2.75, 3.05) is 14.2 Å². The SMILES string of the molecule is COc1cc2oc3ccccc3c2cc1Br.COc1ccc2c(c1)oc1ccccc12. The van der Waals surface area contributed by atoms with E-state index in [0.717, 1.165) is 59.8 Å². The van der Waals surface area contributed by atoms with E-state index in [4.69, 9.17) is 18.3 Å². The van der Waals surface area contributed by atoms with Gasteiger partial charge in [0.1, 0.15) is 33.8 Å². The summed E-state index contributed by atoms with van der Waals surface area (Å²) in [5.41, 5.74) is 3.54. The molecule has 4 nitrogen and oxygen atoms in total. The van der Waals surface area contributed by atoms with Crippen LogP contribution < -0.4 is 9.47 Å². The number of furan rings is 2. The average molecular weight is 475 g/mol. The molecule has 154 valence electrons. The first-order valence-electron chi connectivity index (χ1n) is 9.78. The van der Waals surface area contributed by atoms with Crippen molar-refractivity contribution in [2.24, 2.45) is 0 Å². The average Bonchev–Trinajstić information content (AvgIpc) is 3.36. The molecule has 0 radical (unpaired) electrons. The molecule has 2 aromatic heterocycles. The van der Waals surface area contributed by atoms with Crippen LogP contribution in [0, 0.1) is 0 Å². The van der Waals surface area contributed by atoms with Crippen molar-refractivity contribution in [2.45, 2.75) is 0 Å². The van der Waals surface area contributed by atoms with Crippen molar-refractivity contribution in [1.82, 2.24) is 0 Å². The Bertz CT molecular complexity index is 1530. The lowest BCUT2D eigenvalue weighted by atomic mass is 10.1. The Hall–Kier alpha value is -3.44. The van der Waals surface area contributed by atoms with E-state index in [1.165, 1.54) is 0 Å². The molecule has 0 amide bonds. The third-order valence-electron chi connectivity index (χ3n) is 5.24. The van der Waals surface area contributed by atoms with Gasteiger partial charge in [0.2, 0.25) is 0 Å². The van der Waals surface area contributed by atoms with Crippen LogP contribution in [0.4, 0.5) is 0 Å². The first kappa shape index (κ1) is 19.5. The minimum Gasteiger partial charge on any atom is -0.497 e. The minimum absolute atomic E-state index is 0.784. The Morgan fingerprint density at radius 3 is 1.81 bits per heavy atom. The second-order valence-electron chi connectivity index (χ2n) is 7.04. The molecule has 31 heavy (non-hydrogen) atoms. The third kappa shape index (κ3) is 3.51. The number of benzene rings is 4. The molecule has 0 fully saturated rings. The fourth-order valence-electron chi connectivity index (χ4n) is 3.72. The van der Waals surface area contributed by atoms with E-state index in [1.807, 2.05) is 66.7 Å². The molecular formula is C26H19BrO4. The molecule has 4 aromatic carbocycles. The predicted molar refractivity (Wildman–Crippen MR) is 128 cm³/mol. The van der Waals surface area contributed by atoms with Crippen LogP contribution in [0.3, 0.4) is 0 Å². The summed E-state index contributed by atoms with van der Waals surface area (Å²) in [4.78, 5) is 0. The van der Waals surface area contributed by atoms with Crippen LogP contribution in [-0.4, -0.2) is 14.2 Å². The molecule has 0 aliphatic carbocycles. The summed E-state index contributed by atoms with van der Waals surface area (Å²) in [6, 6.07) is 25.8. The van der Waals surface area contributed by atoms with Gasteiger partial charge in [0.15, 0.2) is 0 Å². The van der Waals surface area contributed by atoms with Crippen molar-refractivity contribution in [1.29, 1.82) is 0 Å². The topological polar surface area (TPSA) is 44.7 Å². The van der Waals surface area contributed by atoms with E-state index in [9.17, 15) is 0 Å². The van der Waals surface area contributed by atoms with Crippen LogP contribution in [0.25, 0.3) is 43.9 Å². The lowest BCUT2D eigenvalue weighted by Gasteiger charge is -2.01. The number of methoxy groups -OCH3 is 2. The Balaban J connectivity index is 0.000000132. The van der Waals surface area contributed by atoms with Gasteiger partial charge in [-0.25, -0.2) is 0 Å². The maximum absolute atomic E-state index is 5.75. The van der Waals surface area contributed by atoms with Gasteiger partial charge in [0.25, 0.3) is 0 Å². The molecule has 0 saturated heterocycles. The maximum atomic E-state index is 5.75. The number of hydrogen-bond donors (Lipinski definition) is 0. The summed E-state index contributed by atoms with van der Waals surface area (Å²) < 4.78 is 22.8. The van der Waals surface area contributed by atoms with Crippen LogP contribution in [0.2, 0.25) is 0 Å². The second kappa shape index (κ2) is 8.00. The third-order valence-corrected chi connectivity index (χ3v) is 5.86. The molecule has 6 rings (SSSR count). The monoisotopic (exact) mass is 474 g/mol. The van der Waals surface area contributed by atoms with Gasteiger partial charge >= 0.3 is 0 Å². The summed E-state index contributed by atoms with van der Waals surface area (Å²) in [5.74, 6) is 1.60. The molecule has 5 heteroatoms. The number of ether oxygens (including phenoxy) is 2. The van der Waals surface area contributed by atoms with Gasteiger partial charge in [-0.15, -0.1) is 0 Å². The van der Waals surface area contributed by atoms with Gasteiger partial charge in [-0.1, -0.05) is 36.4 Å². The Morgan fingerprint density at radius 2 is 1.16 bits per heavy atom. The largest absolute Gasteiger partial charge is 0.497 e. The first-order valence-corrected chi connectivity index (χ1v) is 10.6.